The first-order valence-corrected chi connectivity index (χ1v) is 16.8. The van der Waals surface area contributed by atoms with Gasteiger partial charge in [-0.1, -0.05) is 67.4 Å². The molecule has 3 aliphatic rings. The molecule has 45 heavy (non-hydrogen) atoms. The maximum Gasteiger partial charge on any atom is 0.326 e. The maximum absolute atomic E-state index is 15.2. The third-order valence-electron chi connectivity index (χ3n) is 8.81. The number of nitrogens with zero attached hydrogens (tertiary/aromatic N) is 1. The second-order valence-corrected chi connectivity index (χ2v) is 13.0. The van der Waals surface area contributed by atoms with E-state index in [4.69, 9.17) is 27.9 Å². The quantitative estimate of drug-likeness (QED) is 0.217. The lowest BCUT2D eigenvalue weighted by Gasteiger charge is -2.38. The summed E-state index contributed by atoms with van der Waals surface area (Å²) in [5.41, 5.74) is 2.93. The van der Waals surface area contributed by atoms with Gasteiger partial charge >= 0.3 is 5.97 Å². The highest BCUT2D eigenvalue weighted by molar-refractivity contribution is 6.34. The SMILES string of the molecule is CC.O=C(NC(C(=O)O)C1CC1)c1cc(C2CC2)c(OCC2CCN(C(c3ccccc3)c3cc(Cl)cc(Cl)c3)CC2)cc1F. The van der Waals surface area contributed by atoms with E-state index in [1.165, 1.54) is 11.6 Å². The van der Waals surface area contributed by atoms with Crippen molar-refractivity contribution < 1.29 is 23.8 Å². The lowest BCUT2D eigenvalue weighted by molar-refractivity contribution is -0.139. The number of likely N-dealkylation sites (tertiary alicyclic amines) is 1. The summed E-state index contributed by atoms with van der Waals surface area (Å²) < 4.78 is 21.4. The van der Waals surface area contributed by atoms with Gasteiger partial charge in [-0.05, 0) is 110 Å². The van der Waals surface area contributed by atoms with Crippen molar-refractivity contribution in [3.05, 3.63) is 98.8 Å². The van der Waals surface area contributed by atoms with Gasteiger partial charge in [0.25, 0.3) is 5.91 Å². The van der Waals surface area contributed by atoms with E-state index < -0.39 is 23.7 Å². The Hall–Kier alpha value is -3.13. The zero-order valence-corrected chi connectivity index (χ0v) is 27.3. The van der Waals surface area contributed by atoms with Crippen molar-refractivity contribution in [1.29, 1.82) is 0 Å². The van der Waals surface area contributed by atoms with Gasteiger partial charge in [-0.3, -0.25) is 9.69 Å². The molecule has 2 atom stereocenters. The van der Waals surface area contributed by atoms with Crippen molar-refractivity contribution in [2.45, 2.75) is 70.4 Å². The number of carbonyl (C=O) groups excluding carboxylic acids is 1. The van der Waals surface area contributed by atoms with E-state index in [9.17, 15) is 14.7 Å². The molecule has 3 aromatic carbocycles. The van der Waals surface area contributed by atoms with Crippen LogP contribution in [0.5, 0.6) is 5.75 Å². The monoisotopic (exact) mass is 654 g/mol. The normalized spacial score (nSPS) is 18.3. The van der Waals surface area contributed by atoms with Crippen molar-refractivity contribution in [1.82, 2.24) is 10.2 Å². The van der Waals surface area contributed by atoms with Crippen LogP contribution in [0.25, 0.3) is 0 Å². The van der Waals surface area contributed by atoms with Gasteiger partial charge in [0.05, 0.1) is 18.2 Å². The number of amides is 1. The number of piperidine rings is 1. The van der Waals surface area contributed by atoms with Crippen LogP contribution in [0.1, 0.15) is 91.4 Å². The molecule has 2 unspecified atom stereocenters. The second kappa shape index (κ2) is 15.0. The number of hydrogen-bond acceptors (Lipinski definition) is 4. The Kier molecular flexibility index (Phi) is 11.1. The highest BCUT2D eigenvalue weighted by atomic mass is 35.5. The van der Waals surface area contributed by atoms with Crippen molar-refractivity contribution in [3.8, 4) is 5.75 Å². The minimum absolute atomic E-state index is 0.0224. The maximum atomic E-state index is 15.2. The Morgan fingerprint density at radius 2 is 1.58 bits per heavy atom. The fourth-order valence-corrected chi connectivity index (χ4v) is 6.72. The van der Waals surface area contributed by atoms with Crippen LogP contribution >= 0.6 is 23.2 Å². The highest BCUT2D eigenvalue weighted by Crippen LogP contribution is 2.45. The van der Waals surface area contributed by atoms with E-state index in [0.717, 1.165) is 62.7 Å². The topological polar surface area (TPSA) is 78.9 Å². The molecule has 0 radical (unpaired) electrons. The lowest BCUT2D eigenvalue weighted by atomic mass is 9.91. The van der Waals surface area contributed by atoms with E-state index in [2.05, 4.69) is 22.3 Å². The summed E-state index contributed by atoms with van der Waals surface area (Å²) in [6.45, 7) is 6.17. The first-order chi connectivity index (χ1) is 21.8. The molecule has 1 saturated heterocycles. The molecule has 2 N–H and O–H groups in total. The molecule has 2 saturated carbocycles. The third kappa shape index (κ3) is 8.37. The Balaban J connectivity index is 0.00000196. The molecule has 240 valence electrons. The number of hydrogen-bond donors (Lipinski definition) is 2. The molecular formula is C36H41Cl2FN2O4. The summed E-state index contributed by atoms with van der Waals surface area (Å²) in [5, 5.41) is 13.2. The summed E-state index contributed by atoms with van der Waals surface area (Å²) >= 11 is 12.8. The first-order valence-electron chi connectivity index (χ1n) is 16.0. The molecule has 2 aliphatic carbocycles. The summed E-state index contributed by atoms with van der Waals surface area (Å²) in [4.78, 5) is 26.9. The molecule has 1 heterocycles. The van der Waals surface area contributed by atoms with Crippen LogP contribution < -0.4 is 10.1 Å². The van der Waals surface area contributed by atoms with Crippen LogP contribution in [0.15, 0.2) is 60.7 Å². The average molecular weight is 656 g/mol. The van der Waals surface area contributed by atoms with E-state index in [-0.39, 0.29) is 23.4 Å². The number of carbonyl (C=O) groups is 2. The molecule has 3 aromatic rings. The molecule has 9 heteroatoms. The Bertz CT molecular complexity index is 1470. The molecule has 1 aliphatic heterocycles. The van der Waals surface area contributed by atoms with Crippen molar-refractivity contribution >= 4 is 35.1 Å². The van der Waals surface area contributed by atoms with Gasteiger partial charge in [0, 0.05) is 16.1 Å². The van der Waals surface area contributed by atoms with E-state index in [1.54, 1.807) is 12.1 Å². The molecule has 3 fully saturated rings. The minimum atomic E-state index is -1.09. The Labute approximate surface area is 274 Å². The number of benzene rings is 3. The fraction of sp³-hybridized carbons (Fsp3) is 0.444. The van der Waals surface area contributed by atoms with Gasteiger partial charge in [0.15, 0.2) is 0 Å². The Morgan fingerprint density at radius 3 is 2.16 bits per heavy atom. The van der Waals surface area contributed by atoms with E-state index in [1.807, 2.05) is 44.2 Å². The largest absolute Gasteiger partial charge is 0.493 e. The van der Waals surface area contributed by atoms with Gasteiger partial charge in [-0.15, -0.1) is 0 Å². The number of aliphatic carboxylic acids is 1. The third-order valence-corrected chi connectivity index (χ3v) is 9.25. The van der Waals surface area contributed by atoms with Crippen molar-refractivity contribution in [2.24, 2.45) is 11.8 Å². The summed E-state index contributed by atoms with van der Waals surface area (Å²) in [7, 11) is 0. The van der Waals surface area contributed by atoms with E-state index in [0.29, 0.717) is 28.3 Å². The molecule has 6 nitrogen and oxygen atoms in total. The zero-order chi connectivity index (χ0) is 32.1. The van der Waals surface area contributed by atoms with Crippen LogP contribution in [-0.4, -0.2) is 47.6 Å². The predicted octanol–water partition coefficient (Wildman–Crippen LogP) is 8.51. The number of carboxylic acids is 1. The van der Waals surface area contributed by atoms with Gasteiger partial charge in [-0.25, -0.2) is 9.18 Å². The summed E-state index contributed by atoms with van der Waals surface area (Å²) in [6, 6.07) is 17.9. The van der Waals surface area contributed by atoms with Gasteiger partial charge in [0.1, 0.15) is 17.6 Å². The van der Waals surface area contributed by atoms with Crippen LogP contribution in [-0.2, 0) is 4.79 Å². The van der Waals surface area contributed by atoms with Gasteiger partial charge in [0.2, 0.25) is 0 Å². The smallest absolute Gasteiger partial charge is 0.326 e. The summed E-state index contributed by atoms with van der Waals surface area (Å²) in [5.74, 6) is -1.57. The van der Waals surface area contributed by atoms with Crippen LogP contribution in [0.3, 0.4) is 0 Å². The Morgan fingerprint density at radius 1 is 0.933 bits per heavy atom. The number of ether oxygens (including phenoxy) is 1. The van der Waals surface area contributed by atoms with Crippen molar-refractivity contribution in [2.75, 3.05) is 19.7 Å². The van der Waals surface area contributed by atoms with Gasteiger partial charge < -0.3 is 15.2 Å². The number of carboxylic acid groups (broad SMARTS) is 1. The molecule has 6 rings (SSSR count). The van der Waals surface area contributed by atoms with Crippen molar-refractivity contribution in [3.63, 3.8) is 0 Å². The predicted molar refractivity (Wildman–Crippen MR) is 176 cm³/mol. The second-order valence-electron chi connectivity index (χ2n) is 12.1. The number of nitrogens with one attached hydrogen (secondary N) is 1. The van der Waals surface area contributed by atoms with Crippen LogP contribution in [0, 0.1) is 17.7 Å². The zero-order valence-electron chi connectivity index (χ0n) is 25.8. The molecule has 0 aromatic heterocycles. The molecule has 0 bridgehead atoms. The standard InChI is InChI=1S/C34H35Cl2FN2O4.C2H6/c35-25-14-24(15-26(36)16-25)32(23-4-2-1-3-5-23)39-12-10-20(11-13-39)19-43-30-18-29(37)28(17-27(30)21-6-7-21)33(40)38-31(34(41)42)22-8-9-22;1-2/h1-5,14-18,20-22,31-32H,6-13,19H2,(H,38,40)(H,41,42);1-2H3. The minimum Gasteiger partial charge on any atom is -0.493 e. The van der Waals surface area contributed by atoms with Gasteiger partial charge in [-0.2, -0.15) is 0 Å². The van der Waals surface area contributed by atoms with Crippen LogP contribution in [0.2, 0.25) is 10.0 Å². The molecule has 0 spiro atoms. The summed E-state index contributed by atoms with van der Waals surface area (Å²) in [6.07, 6.45) is 5.24. The van der Waals surface area contributed by atoms with E-state index >= 15 is 4.39 Å². The average Bonchev–Trinajstić information content (AvgIpc) is 3.95. The molecule has 1 amide bonds. The fourth-order valence-electron chi connectivity index (χ4n) is 6.18. The highest BCUT2D eigenvalue weighted by Gasteiger charge is 2.38. The molecular weight excluding hydrogens is 614 g/mol. The number of halogens is 3. The van der Waals surface area contributed by atoms with Crippen LogP contribution in [0.4, 0.5) is 4.39 Å². The first kappa shape index (κ1) is 33.2. The lowest BCUT2D eigenvalue weighted by Crippen LogP contribution is -2.42. The number of rotatable bonds is 11.